The van der Waals surface area contributed by atoms with Crippen LogP contribution in [0.3, 0.4) is 0 Å². The molecule has 2 rings (SSSR count). The van der Waals surface area contributed by atoms with Gasteiger partial charge in [0.2, 0.25) is 15.9 Å². The highest BCUT2D eigenvalue weighted by Gasteiger charge is 2.28. The van der Waals surface area contributed by atoms with Gasteiger partial charge in [-0.3, -0.25) is 9.48 Å². The lowest BCUT2D eigenvalue weighted by molar-refractivity contribution is -0.127. The van der Waals surface area contributed by atoms with Crippen LogP contribution in [0.25, 0.3) is 0 Å². The average molecular weight is 315 g/mol. The van der Waals surface area contributed by atoms with Crippen molar-refractivity contribution in [1.82, 2.24) is 19.4 Å². The number of rotatable bonds is 5. The second kappa shape index (κ2) is 5.64. The van der Waals surface area contributed by atoms with Gasteiger partial charge in [-0.25, -0.2) is 13.1 Å². The van der Waals surface area contributed by atoms with Crippen LogP contribution >= 0.6 is 0 Å². The van der Waals surface area contributed by atoms with Crippen molar-refractivity contribution in [3.8, 4) is 0 Å². The first-order chi connectivity index (χ1) is 9.72. The topological polar surface area (TPSA) is 110 Å². The standard InChI is InChI=1S/C12H21N5O3S/c1-8(7-17-6-4-5-10(17)18)15-21(19,20)11-9(2)16(3)14-12(11)13/h8,15H,4-7H2,1-3H3,(H2,13,14). The number of aromatic nitrogens is 2. The molecule has 1 aromatic rings. The van der Waals surface area contributed by atoms with E-state index in [0.717, 1.165) is 6.42 Å². The predicted octanol–water partition coefficient (Wildman–Crippen LogP) is -0.400. The summed E-state index contributed by atoms with van der Waals surface area (Å²) in [6.07, 6.45) is 1.36. The van der Waals surface area contributed by atoms with Crippen LogP contribution in [0.5, 0.6) is 0 Å². The number of carbonyl (C=O) groups excluding carboxylic acids is 1. The fourth-order valence-electron chi connectivity index (χ4n) is 2.54. The van der Waals surface area contributed by atoms with Gasteiger partial charge in [0.1, 0.15) is 4.90 Å². The first kappa shape index (κ1) is 15.8. The molecule has 0 radical (unpaired) electrons. The van der Waals surface area contributed by atoms with Gasteiger partial charge in [-0.15, -0.1) is 0 Å². The lowest BCUT2D eigenvalue weighted by atomic mass is 10.3. The van der Waals surface area contributed by atoms with Crippen LogP contribution in [0.15, 0.2) is 4.90 Å². The van der Waals surface area contributed by atoms with E-state index in [9.17, 15) is 13.2 Å². The fourth-order valence-corrected chi connectivity index (χ4v) is 4.09. The molecular formula is C12H21N5O3S. The number of carbonyl (C=O) groups is 1. The molecule has 2 heterocycles. The largest absolute Gasteiger partial charge is 0.381 e. The number of nitrogen functional groups attached to an aromatic ring is 1. The van der Waals surface area contributed by atoms with Crippen molar-refractivity contribution in [2.24, 2.45) is 7.05 Å². The fraction of sp³-hybridized carbons (Fsp3) is 0.667. The third-order valence-electron chi connectivity index (χ3n) is 3.60. The summed E-state index contributed by atoms with van der Waals surface area (Å²) in [6, 6.07) is -0.393. The monoisotopic (exact) mass is 315 g/mol. The van der Waals surface area contributed by atoms with Crippen molar-refractivity contribution in [3.05, 3.63) is 5.69 Å². The van der Waals surface area contributed by atoms with Crippen molar-refractivity contribution in [2.75, 3.05) is 18.8 Å². The van der Waals surface area contributed by atoms with Gasteiger partial charge in [0.05, 0.1) is 5.69 Å². The maximum absolute atomic E-state index is 12.4. The molecule has 1 aromatic heterocycles. The second-order valence-corrected chi connectivity index (χ2v) is 7.04. The number of aryl methyl sites for hydroxylation is 1. The van der Waals surface area contributed by atoms with Gasteiger partial charge in [-0.2, -0.15) is 5.10 Å². The van der Waals surface area contributed by atoms with E-state index in [-0.39, 0.29) is 16.6 Å². The quantitative estimate of drug-likeness (QED) is 0.768. The highest BCUT2D eigenvalue weighted by atomic mass is 32.2. The number of anilines is 1. The molecule has 1 atom stereocenters. The summed E-state index contributed by atoms with van der Waals surface area (Å²) in [7, 11) is -2.12. The summed E-state index contributed by atoms with van der Waals surface area (Å²) in [5.41, 5.74) is 6.15. The van der Waals surface area contributed by atoms with E-state index in [4.69, 9.17) is 5.73 Å². The summed E-state index contributed by atoms with van der Waals surface area (Å²) < 4.78 is 28.8. The lowest BCUT2D eigenvalue weighted by Gasteiger charge is -2.21. The molecule has 21 heavy (non-hydrogen) atoms. The van der Waals surface area contributed by atoms with E-state index in [0.29, 0.717) is 25.2 Å². The maximum Gasteiger partial charge on any atom is 0.246 e. The molecular weight excluding hydrogens is 294 g/mol. The molecule has 0 aliphatic carbocycles. The highest BCUT2D eigenvalue weighted by molar-refractivity contribution is 7.89. The third kappa shape index (κ3) is 3.18. The van der Waals surface area contributed by atoms with Crippen molar-refractivity contribution in [1.29, 1.82) is 0 Å². The SMILES string of the molecule is Cc1c(S(=O)(=O)NC(C)CN2CCCC2=O)c(N)nn1C. The van der Waals surface area contributed by atoms with Crippen LogP contribution in [-0.2, 0) is 21.9 Å². The molecule has 1 unspecified atom stereocenters. The van der Waals surface area contributed by atoms with E-state index < -0.39 is 16.1 Å². The van der Waals surface area contributed by atoms with Crippen LogP contribution < -0.4 is 10.5 Å². The summed E-state index contributed by atoms with van der Waals surface area (Å²) in [6.45, 7) is 4.41. The Balaban J connectivity index is 2.12. The number of sulfonamides is 1. The Labute approximate surface area is 124 Å². The van der Waals surface area contributed by atoms with Gasteiger partial charge < -0.3 is 10.6 Å². The molecule has 1 aliphatic heterocycles. The molecule has 1 saturated heterocycles. The first-order valence-corrected chi connectivity index (χ1v) is 8.30. The minimum atomic E-state index is -3.76. The third-order valence-corrected chi connectivity index (χ3v) is 5.35. The van der Waals surface area contributed by atoms with Gasteiger partial charge in [0.15, 0.2) is 5.82 Å². The predicted molar refractivity (Wildman–Crippen MR) is 78.0 cm³/mol. The Morgan fingerprint density at radius 2 is 2.14 bits per heavy atom. The molecule has 0 saturated carbocycles. The van der Waals surface area contributed by atoms with Crippen LogP contribution in [0.4, 0.5) is 5.82 Å². The maximum atomic E-state index is 12.4. The smallest absolute Gasteiger partial charge is 0.246 e. The molecule has 1 fully saturated rings. The number of nitrogens with zero attached hydrogens (tertiary/aromatic N) is 3. The summed E-state index contributed by atoms with van der Waals surface area (Å²) in [5.74, 6) is 0.0464. The van der Waals surface area contributed by atoms with Crippen LogP contribution in [-0.4, -0.2) is 48.1 Å². The van der Waals surface area contributed by atoms with Crippen LogP contribution in [0.1, 0.15) is 25.5 Å². The zero-order chi connectivity index (χ0) is 15.8. The zero-order valence-electron chi connectivity index (χ0n) is 12.5. The average Bonchev–Trinajstić information content (AvgIpc) is 2.83. The number of amides is 1. The highest BCUT2D eigenvalue weighted by Crippen LogP contribution is 2.21. The van der Waals surface area contributed by atoms with E-state index in [1.807, 2.05) is 0 Å². The molecule has 8 nitrogen and oxygen atoms in total. The molecule has 0 spiro atoms. The Hall–Kier alpha value is -1.61. The number of hydrogen-bond donors (Lipinski definition) is 2. The van der Waals surface area contributed by atoms with Crippen LogP contribution in [0.2, 0.25) is 0 Å². The Kier molecular flexibility index (Phi) is 4.24. The number of nitrogens with two attached hydrogens (primary N) is 1. The normalized spacial score (nSPS) is 17.5. The molecule has 1 aliphatic rings. The van der Waals surface area contributed by atoms with Crippen LogP contribution in [0, 0.1) is 6.92 Å². The van der Waals surface area contributed by atoms with E-state index in [1.165, 1.54) is 4.68 Å². The number of likely N-dealkylation sites (tertiary alicyclic amines) is 1. The van der Waals surface area contributed by atoms with Gasteiger partial charge in [0.25, 0.3) is 0 Å². The van der Waals surface area contributed by atoms with Crippen molar-refractivity contribution in [2.45, 2.75) is 37.6 Å². The van der Waals surface area contributed by atoms with E-state index in [2.05, 4.69) is 9.82 Å². The van der Waals surface area contributed by atoms with Gasteiger partial charge >= 0.3 is 0 Å². The van der Waals surface area contributed by atoms with Gasteiger partial charge in [-0.05, 0) is 20.3 Å². The van der Waals surface area contributed by atoms with E-state index >= 15 is 0 Å². The van der Waals surface area contributed by atoms with E-state index in [1.54, 1.807) is 25.8 Å². The summed E-state index contributed by atoms with van der Waals surface area (Å²) in [4.78, 5) is 13.2. The Morgan fingerprint density at radius 3 is 2.62 bits per heavy atom. The number of nitrogens with one attached hydrogen (secondary N) is 1. The van der Waals surface area contributed by atoms with Gasteiger partial charge in [-0.1, -0.05) is 0 Å². The zero-order valence-corrected chi connectivity index (χ0v) is 13.3. The molecule has 3 N–H and O–H groups in total. The summed E-state index contributed by atoms with van der Waals surface area (Å²) >= 11 is 0. The molecule has 9 heteroatoms. The minimum Gasteiger partial charge on any atom is -0.381 e. The molecule has 118 valence electrons. The lowest BCUT2D eigenvalue weighted by Crippen LogP contribution is -2.42. The summed E-state index contributed by atoms with van der Waals surface area (Å²) in [5, 5.41) is 3.91. The first-order valence-electron chi connectivity index (χ1n) is 6.81. The van der Waals surface area contributed by atoms with Crippen molar-refractivity contribution >= 4 is 21.7 Å². The van der Waals surface area contributed by atoms with Crippen molar-refractivity contribution < 1.29 is 13.2 Å². The molecule has 1 amide bonds. The molecule has 0 bridgehead atoms. The van der Waals surface area contributed by atoms with Gasteiger partial charge in [0, 0.05) is 32.6 Å². The molecule has 0 aromatic carbocycles. The Bertz CT molecular complexity index is 652. The Morgan fingerprint density at radius 1 is 1.48 bits per heavy atom. The second-order valence-electron chi connectivity index (χ2n) is 5.39. The minimum absolute atomic E-state index is 0.00426. The number of hydrogen-bond acceptors (Lipinski definition) is 5. The van der Waals surface area contributed by atoms with Crippen molar-refractivity contribution in [3.63, 3.8) is 0 Å².